The van der Waals surface area contributed by atoms with Crippen LogP contribution in [0, 0.1) is 11.3 Å². The van der Waals surface area contributed by atoms with Crippen LogP contribution in [0.3, 0.4) is 0 Å². The number of fused-ring (bicyclic) bond motifs is 1. The van der Waals surface area contributed by atoms with Gasteiger partial charge in [0, 0.05) is 18.0 Å². The molecule has 0 fully saturated rings. The molecule has 0 unspecified atom stereocenters. The Kier molecular flexibility index (Phi) is 5.52. The molecular weight excluding hydrogens is 446 g/mol. The molecule has 35 heavy (non-hydrogen) atoms. The number of hydrogen-bond donors (Lipinski definition) is 2. The second-order valence-electron chi connectivity index (χ2n) is 7.61. The predicted octanol–water partition coefficient (Wildman–Crippen LogP) is 2.75. The average Bonchev–Trinajstić information content (AvgIpc) is 3.49. The fraction of sp³-hybridized carbons (Fsp3) is 0.0833. The summed E-state index contributed by atoms with van der Waals surface area (Å²) < 4.78 is 8.54. The number of nitrogens with one attached hydrogen (secondary N) is 1. The van der Waals surface area contributed by atoms with E-state index < -0.39 is 5.91 Å². The van der Waals surface area contributed by atoms with E-state index in [0.717, 1.165) is 5.56 Å². The SMILES string of the molecule is COc1ncc(-c2c(C#N)cc3c(N)ncnn23)cc1C(=O)Nc1cnn(Cc2ccccc2)c1. The van der Waals surface area contributed by atoms with Gasteiger partial charge in [0.15, 0.2) is 5.82 Å². The lowest BCUT2D eigenvalue weighted by atomic mass is 10.1. The number of methoxy groups -OCH3 is 1. The number of pyridine rings is 1. The average molecular weight is 465 g/mol. The van der Waals surface area contributed by atoms with E-state index in [0.29, 0.717) is 34.6 Å². The summed E-state index contributed by atoms with van der Waals surface area (Å²) in [6, 6.07) is 15.2. The van der Waals surface area contributed by atoms with Crippen LogP contribution < -0.4 is 15.8 Å². The fourth-order valence-electron chi connectivity index (χ4n) is 3.76. The molecule has 172 valence electrons. The first-order valence-corrected chi connectivity index (χ1v) is 10.5. The third-order valence-corrected chi connectivity index (χ3v) is 5.36. The Morgan fingerprint density at radius 1 is 1.17 bits per heavy atom. The smallest absolute Gasteiger partial charge is 0.261 e. The van der Waals surface area contributed by atoms with Crippen molar-refractivity contribution in [2.75, 3.05) is 18.2 Å². The van der Waals surface area contributed by atoms with Crippen LogP contribution in [0.1, 0.15) is 21.5 Å². The zero-order valence-electron chi connectivity index (χ0n) is 18.6. The maximum Gasteiger partial charge on any atom is 0.261 e. The minimum absolute atomic E-state index is 0.136. The monoisotopic (exact) mass is 465 g/mol. The number of anilines is 2. The first-order valence-electron chi connectivity index (χ1n) is 10.5. The standard InChI is InChI=1S/C24H19N9O2/c1-35-24-19(23(34)31-18-11-29-32(13-18)12-15-5-3-2-4-6-15)7-17(10-27-24)21-16(9-25)8-20-22(26)28-14-30-33(20)21/h2-8,10-11,13-14H,12H2,1H3,(H,31,34)(H2,26,28,30). The Balaban J connectivity index is 1.47. The Labute approximate surface area is 199 Å². The summed E-state index contributed by atoms with van der Waals surface area (Å²) in [6.45, 7) is 0.570. The van der Waals surface area contributed by atoms with Gasteiger partial charge >= 0.3 is 0 Å². The van der Waals surface area contributed by atoms with Crippen LogP contribution in [-0.2, 0) is 6.54 Å². The zero-order valence-corrected chi connectivity index (χ0v) is 18.6. The van der Waals surface area contributed by atoms with E-state index in [9.17, 15) is 10.1 Å². The molecule has 4 aromatic heterocycles. The molecule has 4 heterocycles. The van der Waals surface area contributed by atoms with Gasteiger partial charge in [0.25, 0.3) is 5.91 Å². The summed E-state index contributed by atoms with van der Waals surface area (Å²) in [5.74, 6) is -0.0740. The number of carbonyl (C=O) groups excluding carboxylic acids is 1. The second-order valence-corrected chi connectivity index (χ2v) is 7.61. The molecule has 0 aliphatic heterocycles. The second kappa shape index (κ2) is 8.95. The lowest BCUT2D eigenvalue weighted by Gasteiger charge is -2.10. The molecule has 0 saturated heterocycles. The number of ether oxygens (including phenoxy) is 1. The number of amides is 1. The van der Waals surface area contributed by atoms with Crippen molar-refractivity contribution >= 4 is 22.9 Å². The molecule has 0 radical (unpaired) electrons. The van der Waals surface area contributed by atoms with E-state index >= 15 is 0 Å². The molecule has 11 heteroatoms. The molecule has 0 atom stereocenters. The maximum atomic E-state index is 13.2. The van der Waals surface area contributed by atoms with Gasteiger partial charge in [-0.1, -0.05) is 30.3 Å². The summed E-state index contributed by atoms with van der Waals surface area (Å²) in [5.41, 5.74) is 9.46. The van der Waals surface area contributed by atoms with Crippen LogP contribution >= 0.6 is 0 Å². The molecule has 0 saturated carbocycles. The lowest BCUT2D eigenvalue weighted by molar-refractivity contribution is 0.102. The van der Waals surface area contributed by atoms with Crippen molar-refractivity contribution in [1.29, 1.82) is 5.26 Å². The number of aromatic nitrogens is 6. The minimum atomic E-state index is -0.441. The molecule has 11 nitrogen and oxygen atoms in total. The summed E-state index contributed by atoms with van der Waals surface area (Å²) >= 11 is 0. The van der Waals surface area contributed by atoms with Gasteiger partial charge in [-0.2, -0.15) is 15.5 Å². The van der Waals surface area contributed by atoms with Crippen molar-refractivity contribution in [2.24, 2.45) is 0 Å². The van der Waals surface area contributed by atoms with Crippen LogP contribution in [0.4, 0.5) is 11.5 Å². The van der Waals surface area contributed by atoms with E-state index in [2.05, 4.69) is 31.6 Å². The highest BCUT2D eigenvalue weighted by Crippen LogP contribution is 2.30. The highest BCUT2D eigenvalue weighted by atomic mass is 16.5. The van der Waals surface area contributed by atoms with Gasteiger partial charge in [-0.05, 0) is 17.7 Å². The summed E-state index contributed by atoms with van der Waals surface area (Å²) in [5, 5.41) is 21.0. The van der Waals surface area contributed by atoms with Crippen LogP contribution in [0.2, 0.25) is 0 Å². The molecule has 3 N–H and O–H groups in total. The number of nitrogens with two attached hydrogens (primary N) is 1. The quantitative estimate of drug-likeness (QED) is 0.389. The summed E-state index contributed by atoms with van der Waals surface area (Å²) in [4.78, 5) is 21.4. The van der Waals surface area contributed by atoms with Crippen molar-refractivity contribution in [3.8, 4) is 23.2 Å². The van der Waals surface area contributed by atoms with Crippen LogP contribution in [0.5, 0.6) is 5.88 Å². The number of rotatable bonds is 6. The molecule has 1 amide bonds. The minimum Gasteiger partial charge on any atom is -0.480 e. The Morgan fingerprint density at radius 3 is 2.77 bits per heavy atom. The fourth-order valence-corrected chi connectivity index (χ4v) is 3.76. The van der Waals surface area contributed by atoms with Crippen molar-refractivity contribution in [3.05, 3.63) is 84.1 Å². The van der Waals surface area contributed by atoms with Crippen molar-refractivity contribution in [3.63, 3.8) is 0 Å². The van der Waals surface area contributed by atoms with E-state index in [1.165, 1.54) is 24.1 Å². The number of nitrogen functional groups attached to an aromatic ring is 1. The number of benzene rings is 1. The van der Waals surface area contributed by atoms with Gasteiger partial charge in [0.05, 0.1) is 36.8 Å². The van der Waals surface area contributed by atoms with E-state index in [-0.39, 0.29) is 17.3 Å². The van der Waals surface area contributed by atoms with Crippen LogP contribution in [-0.4, -0.2) is 42.4 Å². The first kappa shape index (κ1) is 21.6. The Hall–Kier alpha value is -5.24. The van der Waals surface area contributed by atoms with Gasteiger partial charge < -0.3 is 15.8 Å². The predicted molar refractivity (Wildman–Crippen MR) is 128 cm³/mol. The third-order valence-electron chi connectivity index (χ3n) is 5.36. The van der Waals surface area contributed by atoms with Gasteiger partial charge in [-0.3, -0.25) is 9.48 Å². The highest BCUT2D eigenvalue weighted by molar-refractivity contribution is 6.06. The van der Waals surface area contributed by atoms with Crippen molar-refractivity contribution in [1.82, 2.24) is 29.4 Å². The molecule has 0 spiro atoms. The molecule has 1 aromatic carbocycles. The van der Waals surface area contributed by atoms with E-state index in [1.807, 2.05) is 30.3 Å². The Morgan fingerprint density at radius 2 is 2.00 bits per heavy atom. The lowest BCUT2D eigenvalue weighted by Crippen LogP contribution is -2.14. The van der Waals surface area contributed by atoms with Gasteiger partial charge in [0.2, 0.25) is 5.88 Å². The van der Waals surface area contributed by atoms with E-state index in [1.54, 1.807) is 29.2 Å². The molecule has 0 aliphatic rings. The largest absolute Gasteiger partial charge is 0.480 e. The number of nitrogens with zero attached hydrogens (tertiary/aromatic N) is 7. The topological polar surface area (TPSA) is 149 Å². The maximum absolute atomic E-state index is 13.2. The van der Waals surface area contributed by atoms with Crippen molar-refractivity contribution in [2.45, 2.75) is 6.54 Å². The third kappa shape index (κ3) is 4.11. The summed E-state index contributed by atoms with van der Waals surface area (Å²) in [7, 11) is 1.43. The van der Waals surface area contributed by atoms with Crippen molar-refractivity contribution < 1.29 is 9.53 Å². The molecule has 5 aromatic rings. The van der Waals surface area contributed by atoms with Crippen LogP contribution in [0.25, 0.3) is 16.8 Å². The molecule has 0 bridgehead atoms. The van der Waals surface area contributed by atoms with E-state index in [4.69, 9.17) is 10.5 Å². The highest BCUT2D eigenvalue weighted by Gasteiger charge is 2.21. The van der Waals surface area contributed by atoms with Crippen LogP contribution in [0.15, 0.2) is 67.4 Å². The number of nitriles is 1. The summed E-state index contributed by atoms with van der Waals surface area (Å²) in [6.07, 6.45) is 6.11. The van der Waals surface area contributed by atoms with Gasteiger partial charge in [-0.15, -0.1) is 0 Å². The normalized spacial score (nSPS) is 10.7. The zero-order chi connectivity index (χ0) is 24.4. The molecular formula is C24H19N9O2. The molecule has 0 aliphatic carbocycles. The number of carbonyl (C=O) groups is 1. The first-order chi connectivity index (χ1) is 17.1. The van der Waals surface area contributed by atoms with Gasteiger partial charge in [0.1, 0.15) is 23.5 Å². The number of hydrogen-bond acceptors (Lipinski definition) is 8. The van der Waals surface area contributed by atoms with Gasteiger partial charge in [-0.25, -0.2) is 14.5 Å². The Bertz CT molecular complexity index is 1580. The molecule has 5 rings (SSSR count).